The summed E-state index contributed by atoms with van der Waals surface area (Å²) in [5.74, 6) is 1.52. The van der Waals surface area contributed by atoms with Gasteiger partial charge in [-0.05, 0) is 149 Å². The minimum atomic E-state index is -0.769. The lowest BCUT2D eigenvalue weighted by Gasteiger charge is -2.69. The second-order valence-electron chi connectivity index (χ2n) is 22.1. The Morgan fingerprint density at radius 2 is 1.59 bits per heavy atom. The summed E-state index contributed by atoms with van der Waals surface area (Å²) in [6.07, 6.45) is 14.6. The molecule has 5 saturated carbocycles. The number of aromatic nitrogens is 2. The molecule has 0 radical (unpaired) electrons. The van der Waals surface area contributed by atoms with Gasteiger partial charge in [0.2, 0.25) is 12.3 Å². The molecule has 1 aromatic heterocycles. The van der Waals surface area contributed by atoms with Crippen LogP contribution in [0.4, 0.5) is 0 Å². The molecule has 1 heterocycles. The molecular weight excluding hydrogens is 741 g/mol. The average molecular weight is 815 g/mol. The first-order chi connectivity index (χ1) is 27.5. The van der Waals surface area contributed by atoms with Crippen molar-refractivity contribution in [3.8, 4) is 0 Å². The number of rotatable bonds is 11. The van der Waals surface area contributed by atoms with E-state index in [2.05, 4.69) is 62.1 Å². The fourth-order valence-electron chi connectivity index (χ4n) is 14.5. The van der Waals surface area contributed by atoms with Crippen LogP contribution in [-0.2, 0) is 24.0 Å². The van der Waals surface area contributed by atoms with E-state index in [4.69, 9.17) is 0 Å². The summed E-state index contributed by atoms with van der Waals surface area (Å²) in [5.41, 5.74) is 3.67. The fourth-order valence-corrected chi connectivity index (χ4v) is 14.5. The van der Waals surface area contributed by atoms with Crippen molar-refractivity contribution in [3.63, 3.8) is 0 Å². The number of hydrogen-bond acceptors (Lipinski definition) is 7. The number of fused-ring (bicyclic) bond motifs is 7. The molecule has 11 unspecified atom stereocenters. The van der Waals surface area contributed by atoms with Gasteiger partial charge in [-0.2, -0.15) is 0 Å². The minimum Gasteiger partial charge on any atom is -0.481 e. The number of allylic oxidation sites excluding steroid dienone is 2. The highest BCUT2D eigenvalue weighted by Crippen LogP contribution is 2.74. The van der Waals surface area contributed by atoms with Gasteiger partial charge in [0, 0.05) is 49.5 Å². The Labute approximate surface area is 353 Å². The molecule has 5 fully saturated rings. The van der Waals surface area contributed by atoms with Crippen LogP contribution in [0.15, 0.2) is 23.5 Å². The largest absolute Gasteiger partial charge is 0.481 e. The quantitative estimate of drug-likeness (QED) is 0.188. The zero-order valence-corrected chi connectivity index (χ0v) is 38.0. The second-order valence-corrected chi connectivity index (χ2v) is 22.1. The van der Waals surface area contributed by atoms with E-state index >= 15 is 0 Å². The molecule has 10 heteroatoms. The lowest BCUT2D eigenvalue weighted by molar-refractivity contribution is -0.193. The lowest BCUT2D eigenvalue weighted by atomic mass is 9.35. The van der Waals surface area contributed by atoms with Crippen LogP contribution in [0.2, 0.25) is 0 Å². The van der Waals surface area contributed by atoms with Gasteiger partial charge in [-0.15, -0.1) is 0 Å². The van der Waals surface area contributed by atoms with Crippen LogP contribution in [0.25, 0.3) is 0 Å². The summed E-state index contributed by atoms with van der Waals surface area (Å²) in [7, 11) is 0. The van der Waals surface area contributed by atoms with Crippen molar-refractivity contribution in [2.45, 2.75) is 159 Å². The zero-order valence-electron chi connectivity index (χ0n) is 38.0. The van der Waals surface area contributed by atoms with Crippen molar-refractivity contribution in [2.24, 2.45) is 74.9 Å². The number of nitrogens with one attached hydrogen (secondary N) is 2. The number of Topliss-reactive ketones (excluding diaryl/α,β-unsaturated/α-hetero) is 2. The van der Waals surface area contributed by atoms with Gasteiger partial charge in [-0.1, -0.05) is 54.0 Å². The number of aliphatic carboxylic acids is 1. The molecule has 10 nitrogen and oxygen atoms in total. The van der Waals surface area contributed by atoms with Gasteiger partial charge in [0.05, 0.1) is 22.8 Å². The van der Waals surface area contributed by atoms with Gasteiger partial charge in [-0.25, -0.2) is 0 Å². The summed E-state index contributed by atoms with van der Waals surface area (Å²) in [6.45, 7) is 24.2. The molecule has 59 heavy (non-hydrogen) atoms. The molecule has 0 saturated heterocycles. The number of carbonyl (C=O) groups is 5. The predicted molar refractivity (Wildman–Crippen MR) is 229 cm³/mol. The maximum absolute atomic E-state index is 13.9. The van der Waals surface area contributed by atoms with Crippen molar-refractivity contribution in [2.75, 3.05) is 6.54 Å². The van der Waals surface area contributed by atoms with Crippen LogP contribution < -0.4 is 10.6 Å². The normalized spacial score (nSPS) is 37.1. The van der Waals surface area contributed by atoms with Gasteiger partial charge in [0.1, 0.15) is 5.78 Å². The molecule has 7 rings (SSSR count). The van der Waals surface area contributed by atoms with E-state index in [0.717, 1.165) is 68.3 Å². The lowest BCUT2D eigenvalue weighted by Crippen LogP contribution is -2.62. The molecule has 0 bridgehead atoms. The second kappa shape index (κ2) is 16.4. The van der Waals surface area contributed by atoms with E-state index in [1.54, 1.807) is 12.4 Å². The Morgan fingerprint density at radius 3 is 2.17 bits per heavy atom. The number of aryl methyl sites for hydroxylation is 2. The van der Waals surface area contributed by atoms with Crippen molar-refractivity contribution in [1.82, 2.24) is 20.6 Å². The zero-order chi connectivity index (χ0) is 43.5. The summed E-state index contributed by atoms with van der Waals surface area (Å²) in [6, 6.07) is 0. The van der Waals surface area contributed by atoms with E-state index in [1.807, 2.05) is 34.6 Å². The van der Waals surface area contributed by atoms with Gasteiger partial charge in [-0.3, -0.25) is 33.9 Å². The number of nitrogens with zero attached hydrogens (tertiary/aromatic N) is 2. The number of hydrogen-bond donors (Lipinski definition) is 3. The third kappa shape index (κ3) is 8.21. The molecule has 6 aliphatic rings. The third-order valence-electron chi connectivity index (χ3n) is 17.5. The van der Waals surface area contributed by atoms with Crippen LogP contribution in [0.3, 0.4) is 0 Å². The maximum Gasteiger partial charge on any atom is 0.306 e. The summed E-state index contributed by atoms with van der Waals surface area (Å²) >= 11 is 0. The molecule has 326 valence electrons. The van der Waals surface area contributed by atoms with Gasteiger partial charge in [0.15, 0.2) is 5.78 Å². The van der Waals surface area contributed by atoms with E-state index in [1.165, 1.54) is 5.57 Å². The van der Waals surface area contributed by atoms with Gasteiger partial charge >= 0.3 is 5.97 Å². The summed E-state index contributed by atoms with van der Waals surface area (Å²) in [5, 5.41) is 15.4. The first kappa shape index (κ1) is 45.1. The monoisotopic (exact) mass is 815 g/mol. The molecule has 0 aliphatic heterocycles. The SMILES string of the molecule is CC(C)C1=C2C3CCC4C(C)(CCC5C(C)(C)C(CC(=O)C6CC(C(=O)O)C6C)CCC54C)C3CCC2(CC(=O)NCC(C)(C)NC=O)CC1=O.Cc1cncc(C)n1. The van der Waals surface area contributed by atoms with E-state index in [0.29, 0.717) is 68.2 Å². The van der Waals surface area contributed by atoms with Crippen LogP contribution in [0.1, 0.15) is 151 Å². The number of carboxylic acid groups (broad SMARTS) is 1. The molecule has 0 spiro atoms. The van der Waals surface area contributed by atoms with E-state index in [-0.39, 0.29) is 57.4 Å². The first-order valence-electron chi connectivity index (χ1n) is 22.8. The van der Waals surface area contributed by atoms with E-state index in [9.17, 15) is 29.1 Å². The Hall–Kier alpha value is -3.43. The highest BCUT2D eigenvalue weighted by atomic mass is 16.4. The van der Waals surface area contributed by atoms with Crippen LogP contribution in [0, 0.1) is 88.8 Å². The topological polar surface area (TPSA) is 155 Å². The van der Waals surface area contributed by atoms with Crippen LogP contribution in [0.5, 0.6) is 0 Å². The smallest absolute Gasteiger partial charge is 0.306 e. The summed E-state index contributed by atoms with van der Waals surface area (Å²) in [4.78, 5) is 71.7. The molecule has 2 amide bonds. The minimum absolute atomic E-state index is 0.0239. The number of ketones is 2. The highest BCUT2D eigenvalue weighted by molar-refractivity contribution is 6.01. The standard InChI is InChI=1S/C43H66N2O6.C6H8N2/c1-24(2)36-32(48)20-43(21-35(49)44-22-39(4,5)45-23-46)17-13-30-27(37(36)43)10-11-34-41(30,8)16-14-33-40(6,7)26(12-15-42(33,34)9)18-31(47)28-19-29(25(28)3)38(50)51;1-5-3-7-4-6(2)8-5/h23-30,33-34H,10-22H2,1-9H3,(H,44,49)(H,45,46)(H,50,51);3-4H,1-2H3. The van der Waals surface area contributed by atoms with Gasteiger partial charge in [0.25, 0.3) is 0 Å². The molecule has 0 aromatic carbocycles. The van der Waals surface area contributed by atoms with Crippen LogP contribution in [-0.4, -0.2) is 57.0 Å². The number of amides is 2. The van der Waals surface area contributed by atoms with Crippen molar-refractivity contribution in [1.29, 1.82) is 0 Å². The maximum atomic E-state index is 13.9. The molecule has 1 aromatic rings. The van der Waals surface area contributed by atoms with Crippen molar-refractivity contribution < 1.29 is 29.1 Å². The first-order valence-corrected chi connectivity index (χ1v) is 22.8. The molecule has 6 aliphatic carbocycles. The average Bonchev–Trinajstić information content (AvgIpc) is 3.43. The Morgan fingerprint density at radius 1 is 0.932 bits per heavy atom. The number of carboxylic acids is 1. The summed E-state index contributed by atoms with van der Waals surface area (Å²) < 4.78 is 0. The molecule has 3 N–H and O–H groups in total. The molecule has 11 atom stereocenters. The van der Waals surface area contributed by atoms with E-state index < -0.39 is 16.9 Å². The van der Waals surface area contributed by atoms with Crippen molar-refractivity contribution in [3.05, 3.63) is 34.9 Å². The number of carbonyl (C=O) groups excluding carboxylic acids is 4. The van der Waals surface area contributed by atoms with Crippen molar-refractivity contribution >= 4 is 29.9 Å². The van der Waals surface area contributed by atoms with Crippen LogP contribution >= 0.6 is 0 Å². The Kier molecular flexibility index (Phi) is 12.6. The van der Waals surface area contributed by atoms with Gasteiger partial charge < -0.3 is 15.7 Å². The highest BCUT2D eigenvalue weighted by Gasteiger charge is 2.66. The molecular formula is C49H74N4O6. The Balaban J connectivity index is 0.000000654. The third-order valence-corrected chi connectivity index (χ3v) is 17.5. The fraction of sp³-hybridized carbons (Fsp3) is 0.776. The Bertz CT molecular complexity index is 1830. The predicted octanol–water partition coefficient (Wildman–Crippen LogP) is 8.63.